The Kier molecular flexibility index (Phi) is 5.35. The Hall–Kier alpha value is 0.220. The molecule has 1 heterocycles. The van der Waals surface area contributed by atoms with Crippen LogP contribution in [0.5, 0.6) is 0 Å². The minimum Gasteiger partial charge on any atom is -0.313 e. The number of hydrogen-bond donors (Lipinski definition) is 2. The highest BCUT2D eigenvalue weighted by Gasteiger charge is 2.29. The molecule has 18 heavy (non-hydrogen) atoms. The average Bonchev–Trinajstić information content (AvgIpc) is 2.73. The lowest BCUT2D eigenvalue weighted by Gasteiger charge is -2.26. The lowest BCUT2D eigenvalue weighted by molar-refractivity contribution is 0.386. The molecule has 0 aromatic heterocycles. The van der Waals surface area contributed by atoms with E-state index in [4.69, 9.17) is 0 Å². The fraction of sp³-hybridized carbons (Fsp3) is 1.00. The molecule has 0 amide bonds. The number of thioether (sulfide) groups is 1. The molecule has 0 spiro atoms. The molecule has 6 heteroatoms. The van der Waals surface area contributed by atoms with Crippen molar-refractivity contribution in [2.75, 3.05) is 24.3 Å². The van der Waals surface area contributed by atoms with E-state index < -0.39 is 10.0 Å². The van der Waals surface area contributed by atoms with Gasteiger partial charge in [0.15, 0.2) is 0 Å². The van der Waals surface area contributed by atoms with Gasteiger partial charge in [0.25, 0.3) is 0 Å². The van der Waals surface area contributed by atoms with Gasteiger partial charge in [-0.3, -0.25) is 0 Å². The number of hydrogen-bond acceptors (Lipinski definition) is 4. The van der Waals surface area contributed by atoms with E-state index in [1.807, 2.05) is 11.8 Å². The molecule has 2 rings (SSSR count). The summed E-state index contributed by atoms with van der Waals surface area (Å²) in [6.45, 7) is 0.957. The minimum atomic E-state index is -3.07. The van der Waals surface area contributed by atoms with Gasteiger partial charge in [-0.05, 0) is 43.9 Å². The largest absolute Gasteiger partial charge is 0.313 e. The van der Waals surface area contributed by atoms with Gasteiger partial charge < -0.3 is 5.32 Å². The molecule has 0 aromatic carbocycles. The quantitative estimate of drug-likeness (QED) is 0.799. The van der Waals surface area contributed by atoms with E-state index in [2.05, 4.69) is 10.0 Å². The Morgan fingerprint density at radius 3 is 2.72 bits per heavy atom. The van der Waals surface area contributed by atoms with Crippen molar-refractivity contribution in [2.45, 2.75) is 44.2 Å². The maximum absolute atomic E-state index is 11.3. The molecule has 2 fully saturated rings. The molecule has 106 valence electrons. The second-order valence-corrected chi connectivity index (χ2v) is 8.44. The van der Waals surface area contributed by atoms with Crippen molar-refractivity contribution in [3.63, 3.8) is 0 Å². The van der Waals surface area contributed by atoms with Crippen molar-refractivity contribution in [1.82, 2.24) is 10.0 Å². The van der Waals surface area contributed by atoms with Gasteiger partial charge in [-0.1, -0.05) is 6.42 Å². The van der Waals surface area contributed by atoms with Crippen LogP contribution in [0.1, 0.15) is 32.1 Å². The van der Waals surface area contributed by atoms with Crippen molar-refractivity contribution in [2.24, 2.45) is 5.92 Å². The third kappa shape index (κ3) is 4.72. The van der Waals surface area contributed by atoms with Crippen molar-refractivity contribution >= 4 is 21.8 Å². The van der Waals surface area contributed by atoms with Crippen molar-refractivity contribution in [3.05, 3.63) is 0 Å². The van der Waals surface area contributed by atoms with Crippen molar-refractivity contribution in [3.8, 4) is 0 Å². The van der Waals surface area contributed by atoms with E-state index >= 15 is 0 Å². The maximum Gasteiger partial charge on any atom is 0.208 e. The molecule has 1 aliphatic heterocycles. The summed E-state index contributed by atoms with van der Waals surface area (Å²) in [4.78, 5) is 0. The van der Waals surface area contributed by atoms with Gasteiger partial charge in [-0.25, -0.2) is 13.1 Å². The Bertz CT molecular complexity index is 353. The van der Waals surface area contributed by atoms with Crippen LogP contribution < -0.4 is 10.0 Å². The first-order chi connectivity index (χ1) is 8.54. The van der Waals surface area contributed by atoms with E-state index in [1.165, 1.54) is 30.6 Å². The summed E-state index contributed by atoms with van der Waals surface area (Å²) in [6.07, 6.45) is 7.09. The fourth-order valence-corrected chi connectivity index (χ4v) is 4.90. The predicted octanol–water partition coefficient (Wildman–Crippen LogP) is 1.19. The van der Waals surface area contributed by atoms with Gasteiger partial charge >= 0.3 is 0 Å². The van der Waals surface area contributed by atoms with Crippen LogP contribution in [0.3, 0.4) is 0 Å². The third-order valence-electron chi connectivity index (χ3n) is 3.85. The zero-order valence-electron chi connectivity index (χ0n) is 11.0. The second kappa shape index (κ2) is 6.59. The smallest absolute Gasteiger partial charge is 0.208 e. The van der Waals surface area contributed by atoms with Crippen molar-refractivity contribution < 1.29 is 8.42 Å². The summed E-state index contributed by atoms with van der Waals surface area (Å²) in [7, 11) is -3.07. The monoisotopic (exact) mass is 292 g/mol. The van der Waals surface area contributed by atoms with E-state index in [1.54, 1.807) is 0 Å². The zero-order valence-corrected chi connectivity index (χ0v) is 12.7. The molecule has 3 atom stereocenters. The van der Waals surface area contributed by atoms with Crippen LogP contribution in [0.2, 0.25) is 0 Å². The SMILES string of the molecule is CS(=O)(=O)N[C@@H]1CCC[C@@H]1CN[C@@H]1CCCSC1. The second-order valence-electron chi connectivity index (χ2n) is 5.51. The van der Waals surface area contributed by atoms with E-state index in [0.29, 0.717) is 12.0 Å². The molecule has 1 aliphatic carbocycles. The third-order valence-corrected chi connectivity index (χ3v) is 5.80. The molecule has 0 unspecified atom stereocenters. The van der Waals surface area contributed by atoms with Gasteiger partial charge in [0.05, 0.1) is 6.26 Å². The molecule has 1 saturated carbocycles. The van der Waals surface area contributed by atoms with Crippen LogP contribution >= 0.6 is 11.8 Å². The molecule has 2 aliphatic rings. The highest BCUT2D eigenvalue weighted by molar-refractivity contribution is 7.99. The first-order valence-corrected chi connectivity index (χ1v) is 9.87. The van der Waals surface area contributed by atoms with Crippen molar-refractivity contribution in [1.29, 1.82) is 0 Å². The molecular formula is C12H24N2O2S2. The normalized spacial score (nSPS) is 33.7. The van der Waals surface area contributed by atoms with Gasteiger partial charge in [-0.2, -0.15) is 11.8 Å². The number of nitrogens with one attached hydrogen (secondary N) is 2. The van der Waals surface area contributed by atoms with Crippen LogP contribution in [0.15, 0.2) is 0 Å². The van der Waals surface area contributed by atoms with Crippen LogP contribution in [-0.2, 0) is 10.0 Å². The Morgan fingerprint density at radius 1 is 1.22 bits per heavy atom. The lowest BCUT2D eigenvalue weighted by atomic mass is 10.0. The molecule has 0 aromatic rings. The van der Waals surface area contributed by atoms with E-state index in [9.17, 15) is 8.42 Å². The molecule has 1 saturated heterocycles. The Balaban J connectivity index is 1.77. The van der Waals surface area contributed by atoms with Crippen LogP contribution in [0.25, 0.3) is 0 Å². The number of sulfonamides is 1. The standard InChI is InChI=1S/C12H24N2O2S2/c1-18(15,16)14-12-6-2-4-10(12)8-13-11-5-3-7-17-9-11/h10-14H,2-9H2,1H3/t10-,11-,12-/m1/s1. The fourth-order valence-electron chi connectivity index (χ4n) is 2.93. The summed E-state index contributed by atoms with van der Waals surface area (Å²) in [6, 6.07) is 0.770. The topological polar surface area (TPSA) is 58.2 Å². The van der Waals surface area contributed by atoms with Gasteiger partial charge in [0.1, 0.15) is 0 Å². The predicted molar refractivity (Wildman–Crippen MR) is 77.5 cm³/mol. The van der Waals surface area contributed by atoms with Gasteiger partial charge in [0, 0.05) is 17.8 Å². The van der Waals surface area contributed by atoms with Gasteiger partial charge in [0.2, 0.25) is 10.0 Å². The molecule has 0 radical (unpaired) electrons. The lowest BCUT2D eigenvalue weighted by Crippen LogP contribution is -2.43. The summed E-state index contributed by atoms with van der Waals surface area (Å²) in [5.41, 5.74) is 0. The highest BCUT2D eigenvalue weighted by Crippen LogP contribution is 2.26. The maximum atomic E-state index is 11.3. The van der Waals surface area contributed by atoms with E-state index in [0.717, 1.165) is 25.8 Å². The molecule has 4 nitrogen and oxygen atoms in total. The average molecular weight is 292 g/mol. The van der Waals surface area contributed by atoms with Gasteiger partial charge in [-0.15, -0.1) is 0 Å². The number of rotatable bonds is 5. The summed E-state index contributed by atoms with van der Waals surface area (Å²) in [5.74, 6) is 2.96. The van der Waals surface area contributed by atoms with E-state index in [-0.39, 0.29) is 6.04 Å². The highest BCUT2D eigenvalue weighted by atomic mass is 32.2. The summed E-state index contributed by atoms with van der Waals surface area (Å²) >= 11 is 2.02. The van der Waals surface area contributed by atoms with Crippen LogP contribution in [0.4, 0.5) is 0 Å². The minimum absolute atomic E-state index is 0.142. The zero-order chi connectivity index (χ0) is 13.0. The summed E-state index contributed by atoms with van der Waals surface area (Å²) < 4.78 is 25.4. The first-order valence-electron chi connectivity index (χ1n) is 6.83. The molecule has 2 N–H and O–H groups in total. The summed E-state index contributed by atoms with van der Waals surface area (Å²) in [5, 5.41) is 3.62. The van der Waals surface area contributed by atoms with Crippen LogP contribution in [-0.4, -0.2) is 44.8 Å². The van der Waals surface area contributed by atoms with Crippen LogP contribution in [0, 0.1) is 5.92 Å². The first kappa shape index (κ1) is 14.6. The Morgan fingerprint density at radius 2 is 2.06 bits per heavy atom. The molecule has 0 bridgehead atoms. The Labute approximate surface area is 115 Å². The molecular weight excluding hydrogens is 268 g/mol.